The van der Waals surface area contributed by atoms with Gasteiger partial charge in [0.25, 0.3) is 0 Å². The van der Waals surface area contributed by atoms with E-state index in [-0.39, 0.29) is 5.82 Å². The second kappa shape index (κ2) is 7.86. The Labute approximate surface area is 185 Å². The number of fused-ring (bicyclic) bond motifs is 1. The first kappa shape index (κ1) is 19.3. The van der Waals surface area contributed by atoms with E-state index in [1.165, 1.54) is 31.5 Å². The highest BCUT2D eigenvalue weighted by Crippen LogP contribution is 2.48. The smallest absolute Gasteiger partial charge is 0.142 e. The third-order valence-electron chi connectivity index (χ3n) is 4.91. The van der Waals surface area contributed by atoms with E-state index < -0.39 is 20.7 Å². The Kier molecular flexibility index (Phi) is 5.23. The lowest BCUT2D eigenvalue weighted by atomic mass is 10.00. The van der Waals surface area contributed by atoms with Crippen molar-refractivity contribution < 1.29 is 4.39 Å². The Hall–Kier alpha value is -1.69. The number of nitrogen functional groups attached to an aromatic ring is 1. The van der Waals surface area contributed by atoms with Gasteiger partial charge in [0.15, 0.2) is 0 Å². The van der Waals surface area contributed by atoms with Crippen LogP contribution in [-0.4, -0.2) is 25.2 Å². The van der Waals surface area contributed by atoms with E-state index in [1.54, 1.807) is 23.7 Å². The molecule has 5 rings (SSSR count). The van der Waals surface area contributed by atoms with Crippen molar-refractivity contribution in [3.8, 4) is 11.1 Å². The largest absolute Gasteiger partial charge is 0.397 e. The maximum Gasteiger partial charge on any atom is 0.142 e. The number of aliphatic imine (C=N–C) groups is 1. The number of aromatic nitrogens is 2. The third kappa shape index (κ3) is 3.76. The molecule has 5 nitrogen and oxygen atoms in total. The van der Waals surface area contributed by atoms with Crippen LogP contribution in [0.1, 0.15) is 25.0 Å². The van der Waals surface area contributed by atoms with Gasteiger partial charge in [-0.3, -0.25) is 10.7 Å². The van der Waals surface area contributed by atoms with Gasteiger partial charge in [0, 0.05) is 34.2 Å². The van der Waals surface area contributed by atoms with Crippen LogP contribution in [-0.2, 0) is 0 Å². The van der Waals surface area contributed by atoms with Crippen molar-refractivity contribution in [2.45, 2.75) is 28.7 Å². The predicted octanol–water partition coefficient (Wildman–Crippen LogP) is 5.17. The number of nitrogens with zero attached hydrogens (tertiary/aromatic N) is 3. The summed E-state index contributed by atoms with van der Waals surface area (Å²) in [5, 5.41) is 1.50. The SMILES string of the molecule is NC1=IC=C(c2cc(-c3cncc(F)c3)c3c(N)c(SC4CCC4)sc3n2)C=N1. The van der Waals surface area contributed by atoms with Gasteiger partial charge in [-0.05, 0) is 34.6 Å². The first-order valence-corrected chi connectivity index (χ1v) is 13.1. The molecule has 1 aliphatic carbocycles. The molecule has 0 aromatic carbocycles. The Morgan fingerprint density at radius 1 is 1.21 bits per heavy atom. The molecule has 1 aliphatic heterocycles. The van der Waals surface area contributed by atoms with E-state index in [0.29, 0.717) is 14.6 Å². The second-order valence-corrected chi connectivity index (χ2v) is 11.8. The van der Waals surface area contributed by atoms with Crippen LogP contribution in [0.2, 0.25) is 0 Å². The molecule has 3 aromatic heterocycles. The highest BCUT2D eigenvalue weighted by Gasteiger charge is 2.24. The van der Waals surface area contributed by atoms with E-state index in [2.05, 4.69) is 14.1 Å². The molecule has 9 heteroatoms. The van der Waals surface area contributed by atoms with Crippen LogP contribution in [0.15, 0.2) is 37.8 Å². The lowest BCUT2D eigenvalue weighted by Gasteiger charge is -2.23. The van der Waals surface area contributed by atoms with Gasteiger partial charge in [-0.15, -0.1) is 23.1 Å². The number of pyridine rings is 2. The topological polar surface area (TPSA) is 90.2 Å². The maximum atomic E-state index is 13.9. The number of thioether (sulfide) groups is 1. The third-order valence-corrected chi connectivity index (χ3v) is 9.48. The minimum absolute atomic E-state index is 0.376. The fraction of sp³-hybridized carbons (Fsp3) is 0.200. The van der Waals surface area contributed by atoms with E-state index in [9.17, 15) is 4.39 Å². The normalized spacial score (nSPS) is 16.9. The highest BCUT2D eigenvalue weighted by atomic mass is 127. The molecule has 0 bridgehead atoms. The maximum absolute atomic E-state index is 13.9. The molecule has 0 spiro atoms. The van der Waals surface area contributed by atoms with Gasteiger partial charge in [0.2, 0.25) is 0 Å². The number of hydrogen-bond acceptors (Lipinski definition) is 7. The van der Waals surface area contributed by atoms with Crippen LogP contribution < -0.4 is 11.5 Å². The minimum Gasteiger partial charge on any atom is -0.397 e. The van der Waals surface area contributed by atoms with Crippen LogP contribution in [0, 0.1) is 5.82 Å². The zero-order valence-electron chi connectivity index (χ0n) is 15.2. The summed E-state index contributed by atoms with van der Waals surface area (Å²) in [6.45, 7) is 0. The summed E-state index contributed by atoms with van der Waals surface area (Å²) in [7, 11) is 0. The average molecular weight is 537 g/mol. The molecular weight excluding hydrogens is 520 g/mol. The monoisotopic (exact) mass is 537 g/mol. The molecule has 2 aliphatic rings. The van der Waals surface area contributed by atoms with E-state index in [1.807, 2.05) is 17.8 Å². The number of allylic oxidation sites excluding steroid dienone is 1. The quantitative estimate of drug-likeness (QED) is 0.449. The zero-order valence-corrected chi connectivity index (χ0v) is 19.0. The first-order chi connectivity index (χ1) is 14.1. The zero-order chi connectivity index (χ0) is 20.0. The summed E-state index contributed by atoms with van der Waals surface area (Å²) in [5.41, 5.74) is 16.4. The molecule has 0 radical (unpaired) electrons. The van der Waals surface area contributed by atoms with E-state index >= 15 is 0 Å². The average Bonchev–Trinajstić information content (AvgIpc) is 3.00. The van der Waals surface area contributed by atoms with E-state index in [4.69, 9.17) is 16.5 Å². The summed E-state index contributed by atoms with van der Waals surface area (Å²) in [6.07, 6.45) is 8.35. The van der Waals surface area contributed by atoms with Crippen molar-refractivity contribution in [3.05, 3.63) is 40.1 Å². The molecule has 4 heterocycles. The van der Waals surface area contributed by atoms with Gasteiger partial charge in [-0.1, -0.05) is 27.2 Å². The van der Waals surface area contributed by atoms with Crippen LogP contribution in [0.4, 0.5) is 10.1 Å². The summed E-state index contributed by atoms with van der Waals surface area (Å²) < 4.78 is 17.8. The lowest BCUT2D eigenvalue weighted by Crippen LogP contribution is -2.12. The van der Waals surface area contributed by atoms with Gasteiger partial charge in [-0.25, -0.2) is 14.4 Å². The number of rotatable bonds is 4. The molecule has 0 unspecified atom stereocenters. The first-order valence-electron chi connectivity index (χ1n) is 9.09. The van der Waals surface area contributed by atoms with Crippen LogP contribution in [0.25, 0.3) is 26.9 Å². The Morgan fingerprint density at radius 3 is 2.76 bits per heavy atom. The van der Waals surface area contributed by atoms with Crippen molar-refractivity contribution >= 4 is 75.3 Å². The predicted molar refractivity (Wildman–Crippen MR) is 130 cm³/mol. The summed E-state index contributed by atoms with van der Waals surface area (Å²) in [6, 6.07) is 3.45. The number of nitrogens with two attached hydrogens (primary N) is 2. The fourth-order valence-electron chi connectivity index (χ4n) is 3.19. The lowest BCUT2D eigenvalue weighted by molar-refractivity contribution is 0.522. The molecule has 0 amide bonds. The number of hydrogen-bond donors (Lipinski definition) is 2. The summed E-state index contributed by atoms with van der Waals surface area (Å²) in [5.74, 6) is -0.376. The highest BCUT2D eigenvalue weighted by molar-refractivity contribution is 14.2. The molecule has 3 aromatic rings. The fourth-order valence-corrected chi connectivity index (χ4v) is 7.41. The van der Waals surface area contributed by atoms with Crippen molar-refractivity contribution in [2.24, 2.45) is 10.7 Å². The Balaban J connectivity index is 1.71. The molecule has 148 valence electrons. The Morgan fingerprint density at radius 2 is 2.07 bits per heavy atom. The molecule has 0 saturated heterocycles. The van der Waals surface area contributed by atoms with Crippen LogP contribution >= 0.6 is 43.8 Å². The molecule has 4 N–H and O–H groups in total. The summed E-state index contributed by atoms with van der Waals surface area (Å²) >= 11 is 3.01. The van der Waals surface area contributed by atoms with Gasteiger partial charge < -0.3 is 5.73 Å². The van der Waals surface area contributed by atoms with Gasteiger partial charge in [-0.2, -0.15) is 0 Å². The van der Waals surface area contributed by atoms with Gasteiger partial charge >= 0.3 is 0 Å². The van der Waals surface area contributed by atoms with Gasteiger partial charge in [0.05, 0.1) is 21.8 Å². The van der Waals surface area contributed by atoms with Crippen molar-refractivity contribution in [1.82, 2.24) is 9.97 Å². The van der Waals surface area contributed by atoms with Crippen LogP contribution in [0.5, 0.6) is 0 Å². The van der Waals surface area contributed by atoms with Gasteiger partial charge in [0.1, 0.15) is 14.4 Å². The number of anilines is 1. The molecular formula is C20H17FIN5S2. The van der Waals surface area contributed by atoms with Crippen molar-refractivity contribution in [1.29, 1.82) is 0 Å². The molecule has 29 heavy (non-hydrogen) atoms. The minimum atomic E-state index is -0.440. The molecule has 0 atom stereocenters. The standard InChI is InChI=1S/C20H17FIN5S2/c21-12-4-10(7-25-9-12)14-5-15(11-6-22-20(24)26-8-11)27-18-16(14)17(23)19(29-18)28-13-2-1-3-13/h4-9,13H,1-3,23H2,(H2,24,26). The molecule has 1 fully saturated rings. The van der Waals surface area contributed by atoms with Crippen molar-refractivity contribution in [2.75, 3.05) is 5.73 Å². The second-order valence-electron chi connectivity index (χ2n) is 6.86. The van der Waals surface area contributed by atoms with Crippen LogP contribution in [0.3, 0.4) is 0 Å². The summed E-state index contributed by atoms with van der Waals surface area (Å²) in [4.78, 5) is 14.1. The Bertz CT molecular complexity index is 1210. The molecule has 1 saturated carbocycles. The van der Waals surface area contributed by atoms with E-state index in [0.717, 1.165) is 36.9 Å². The number of halogens is 2. The van der Waals surface area contributed by atoms with Crippen molar-refractivity contribution in [3.63, 3.8) is 0 Å². The number of thiophene rings is 1.